The van der Waals surface area contributed by atoms with Gasteiger partial charge >= 0.3 is 12.0 Å². The zero-order chi connectivity index (χ0) is 25.3. The van der Waals surface area contributed by atoms with Gasteiger partial charge in [0.25, 0.3) is 0 Å². The summed E-state index contributed by atoms with van der Waals surface area (Å²) in [5.74, 6) is -1.99. The molecule has 2 aromatic carbocycles. The molecule has 1 aliphatic carbocycles. The van der Waals surface area contributed by atoms with Crippen LogP contribution in [0.15, 0.2) is 42.5 Å². The summed E-state index contributed by atoms with van der Waals surface area (Å²) in [5.41, 5.74) is -0.316. The number of carboxylic acid groups (broad SMARTS) is 1. The van der Waals surface area contributed by atoms with Crippen LogP contribution in [0.1, 0.15) is 63.9 Å². The number of nitrogens with zero attached hydrogens (tertiary/aromatic N) is 1. The summed E-state index contributed by atoms with van der Waals surface area (Å²) in [5, 5.41) is 12.1. The summed E-state index contributed by atoms with van der Waals surface area (Å²) in [6, 6.07) is 9.86. The SMILES string of the molecule is CCCCCCCN(CCc1cccc(OC2(C(=O)O)CCC2)c1)C(=O)Nc1ccc(F)cc1F. The van der Waals surface area contributed by atoms with Gasteiger partial charge in [-0.1, -0.05) is 44.7 Å². The number of urea groups is 1. The Morgan fingerprint density at radius 1 is 1.06 bits per heavy atom. The van der Waals surface area contributed by atoms with E-state index in [-0.39, 0.29) is 5.69 Å². The Labute approximate surface area is 205 Å². The molecule has 190 valence electrons. The molecule has 0 saturated heterocycles. The summed E-state index contributed by atoms with van der Waals surface area (Å²) in [7, 11) is 0. The van der Waals surface area contributed by atoms with Crippen LogP contribution in [-0.4, -0.2) is 40.7 Å². The Morgan fingerprint density at radius 3 is 2.49 bits per heavy atom. The van der Waals surface area contributed by atoms with Gasteiger partial charge in [0.05, 0.1) is 5.69 Å². The predicted molar refractivity (Wildman–Crippen MR) is 131 cm³/mol. The molecule has 2 aromatic rings. The van der Waals surface area contributed by atoms with E-state index in [4.69, 9.17) is 4.74 Å². The number of nitrogens with one attached hydrogen (secondary N) is 1. The number of carboxylic acids is 1. The molecule has 0 bridgehead atoms. The van der Waals surface area contributed by atoms with Crippen molar-refractivity contribution in [1.29, 1.82) is 0 Å². The number of carbonyl (C=O) groups is 2. The quantitative estimate of drug-likeness (QED) is 0.320. The molecule has 0 radical (unpaired) electrons. The number of ether oxygens (including phenoxy) is 1. The van der Waals surface area contributed by atoms with Crippen LogP contribution in [0.5, 0.6) is 5.75 Å². The van der Waals surface area contributed by atoms with Gasteiger partial charge in [-0.2, -0.15) is 0 Å². The largest absolute Gasteiger partial charge is 0.478 e. The normalized spacial score (nSPS) is 14.1. The van der Waals surface area contributed by atoms with E-state index in [1.807, 2.05) is 12.1 Å². The number of hydrogen-bond acceptors (Lipinski definition) is 3. The number of hydrogen-bond donors (Lipinski definition) is 2. The second-order valence-electron chi connectivity index (χ2n) is 9.11. The number of benzene rings is 2. The number of aliphatic carboxylic acids is 1. The molecule has 0 aromatic heterocycles. The molecule has 6 nitrogen and oxygen atoms in total. The van der Waals surface area contributed by atoms with Crippen LogP contribution < -0.4 is 10.1 Å². The van der Waals surface area contributed by atoms with Gasteiger partial charge in [0, 0.05) is 19.2 Å². The van der Waals surface area contributed by atoms with Gasteiger partial charge in [-0.05, 0) is 61.9 Å². The smallest absolute Gasteiger partial charge is 0.348 e. The standard InChI is InChI=1S/C27H34F2N2O4/c1-2-3-4-5-6-16-31(26(34)30-24-12-11-21(28)19-23(24)29)17-13-20-9-7-10-22(18-20)35-27(25(32)33)14-8-15-27/h7,9-12,18-19H,2-6,8,13-17H2,1H3,(H,30,34)(H,32,33). The molecule has 2 amide bonds. The van der Waals surface area contributed by atoms with Gasteiger partial charge in [0.2, 0.25) is 5.60 Å². The summed E-state index contributed by atoms with van der Waals surface area (Å²) in [4.78, 5) is 26.2. The van der Waals surface area contributed by atoms with E-state index < -0.39 is 29.2 Å². The van der Waals surface area contributed by atoms with E-state index >= 15 is 0 Å². The lowest BCUT2D eigenvalue weighted by Gasteiger charge is -2.37. The average Bonchev–Trinajstić information content (AvgIpc) is 2.80. The molecular formula is C27H34F2N2O4. The number of rotatable bonds is 13. The van der Waals surface area contributed by atoms with Gasteiger partial charge < -0.3 is 20.1 Å². The van der Waals surface area contributed by atoms with Crippen LogP contribution in [0.3, 0.4) is 0 Å². The van der Waals surface area contributed by atoms with Gasteiger partial charge in [0.15, 0.2) is 0 Å². The molecule has 35 heavy (non-hydrogen) atoms. The number of halogens is 2. The fourth-order valence-electron chi connectivity index (χ4n) is 4.12. The van der Waals surface area contributed by atoms with Gasteiger partial charge in [0.1, 0.15) is 17.4 Å². The van der Waals surface area contributed by atoms with Crippen LogP contribution >= 0.6 is 0 Å². The van der Waals surface area contributed by atoms with Crippen molar-refractivity contribution >= 4 is 17.7 Å². The van der Waals surface area contributed by atoms with Crippen molar-refractivity contribution in [1.82, 2.24) is 4.90 Å². The maximum atomic E-state index is 14.1. The minimum Gasteiger partial charge on any atom is -0.478 e. The molecular weight excluding hydrogens is 454 g/mol. The van der Waals surface area contributed by atoms with Crippen LogP contribution in [0, 0.1) is 11.6 Å². The number of amides is 2. The van der Waals surface area contributed by atoms with Crippen molar-refractivity contribution in [3.8, 4) is 5.75 Å². The summed E-state index contributed by atoms with van der Waals surface area (Å²) in [6.07, 6.45) is 7.47. The first-order valence-electron chi connectivity index (χ1n) is 12.4. The molecule has 0 heterocycles. The van der Waals surface area contributed by atoms with Crippen molar-refractivity contribution in [2.45, 2.75) is 70.3 Å². The van der Waals surface area contributed by atoms with Gasteiger partial charge in [-0.25, -0.2) is 18.4 Å². The van der Waals surface area contributed by atoms with E-state index in [0.717, 1.165) is 56.2 Å². The number of carbonyl (C=O) groups excluding carboxylic acids is 1. The Hall–Kier alpha value is -3.16. The second kappa shape index (κ2) is 12.5. The van der Waals surface area contributed by atoms with Crippen molar-refractivity contribution in [3.63, 3.8) is 0 Å². The summed E-state index contributed by atoms with van der Waals surface area (Å²) < 4.78 is 33.1. The van der Waals surface area contributed by atoms with Crippen molar-refractivity contribution in [2.75, 3.05) is 18.4 Å². The Morgan fingerprint density at radius 2 is 1.83 bits per heavy atom. The van der Waals surface area contributed by atoms with E-state index in [9.17, 15) is 23.5 Å². The third-order valence-corrected chi connectivity index (χ3v) is 6.42. The zero-order valence-electron chi connectivity index (χ0n) is 20.2. The third-order valence-electron chi connectivity index (χ3n) is 6.42. The third kappa shape index (κ3) is 7.41. The highest BCUT2D eigenvalue weighted by Gasteiger charge is 2.47. The van der Waals surface area contributed by atoms with Crippen molar-refractivity contribution in [2.24, 2.45) is 0 Å². The van der Waals surface area contributed by atoms with E-state index in [1.165, 1.54) is 6.07 Å². The fourth-order valence-corrected chi connectivity index (χ4v) is 4.12. The Bertz CT molecular complexity index is 1010. The molecule has 0 atom stereocenters. The monoisotopic (exact) mass is 488 g/mol. The minimum atomic E-state index is -1.15. The van der Waals surface area contributed by atoms with Crippen LogP contribution in [-0.2, 0) is 11.2 Å². The highest BCUT2D eigenvalue weighted by Crippen LogP contribution is 2.37. The zero-order valence-corrected chi connectivity index (χ0v) is 20.2. The lowest BCUT2D eigenvalue weighted by molar-refractivity contribution is -0.163. The molecule has 8 heteroatoms. The topological polar surface area (TPSA) is 78.9 Å². The predicted octanol–water partition coefficient (Wildman–Crippen LogP) is 6.40. The second-order valence-corrected chi connectivity index (χ2v) is 9.11. The van der Waals surface area contributed by atoms with Crippen LogP contribution in [0.2, 0.25) is 0 Å². The summed E-state index contributed by atoms with van der Waals surface area (Å²) >= 11 is 0. The number of anilines is 1. The maximum Gasteiger partial charge on any atom is 0.348 e. The average molecular weight is 489 g/mol. The molecule has 1 aliphatic rings. The first kappa shape index (κ1) is 26.4. The lowest BCUT2D eigenvalue weighted by Crippen LogP contribution is -2.50. The van der Waals surface area contributed by atoms with Crippen LogP contribution in [0.4, 0.5) is 19.3 Å². The lowest BCUT2D eigenvalue weighted by atomic mass is 9.80. The van der Waals surface area contributed by atoms with Crippen molar-refractivity contribution < 1.29 is 28.2 Å². The molecule has 1 fully saturated rings. The Balaban J connectivity index is 1.64. The first-order chi connectivity index (χ1) is 16.8. The van der Waals surface area contributed by atoms with Crippen molar-refractivity contribution in [3.05, 3.63) is 59.7 Å². The highest BCUT2D eigenvalue weighted by atomic mass is 19.1. The molecule has 0 spiro atoms. The first-order valence-corrected chi connectivity index (χ1v) is 12.4. The fraction of sp³-hybridized carbons (Fsp3) is 0.481. The van der Waals surface area contributed by atoms with Gasteiger partial charge in [-0.3, -0.25) is 0 Å². The van der Waals surface area contributed by atoms with E-state index in [1.54, 1.807) is 17.0 Å². The molecule has 2 N–H and O–H groups in total. The van der Waals surface area contributed by atoms with E-state index in [0.29, 0.717) is 38.1 Å². The molecule has 0 aliphatic heterocycles. The molecule has 3 rings (SSSR count). The van der Waals surface area contributed by atoms with E-state index in [2.05, 4.69) is 12.2 Å². The maximum absolute atomic E-state index is 14.1. The minimum absolute atomic E-state index is 0.0674. The number of unbranched alkanes of at least 4 members (excludes halogenated alkanes) is 4. The summed E-state index contributed by atoms with van der Waals surface area (Å²) in [6.45, 7) is 3.03. The molecule has 0 unspecified atom stereocenters. The Kier molecular flexibility index (Phi) is 9.46. The highest BCUT2D eigenvalue weighted by molar-refractivity contribution is 5.89. The van der Waals surface area contributed by atoms with Crippen LogP contribution in [0.25, 0.3) is 0 Å². The van der Waals surface area contributed by atoms with Gasteiger partial charge in [-0.15, -0.1) is 0 Å². The molecule has 1 saturated carbocycles.